The maximum atomic E-state index is 12.2. The van der Waals surface area contributed by atoms with Gasteiger partial charge in [0.05, 0.1) is 6.61 Å². The molecule has 2 aromatic carbocycles. The van der Waals surface area contributed by atoms with Gasteiger partial charge >= 0.3 is 6.09 Å². The number of amides is 2. The Labute approximate surface area is 153 Å². The average Bonchev–Trinajstić information content (AvgIpc) is 2.55. The molecule has 0 heterocycles. The highest BCUT2D eigenvalue weighted by Gasteiger charge is 2.08. The highest BCUT2D eigenvalue weighted by molar-refractivity contribution is 14.1. The van der Waals surface area contributed by atoms with Crippen molar-refractivity contribution in [2.24, 2.45) is 0 Å². The van der Waals surface area contributed by atoms with Crippen LogP contribution in [0.15, 0.2) is 48.5 Å². The highest BCUT2D eigenvalue weighted by Crippen LogP contribution is 2.17. The van der Waals surface area contributed by atoms with E-state index in [1.54, 1.807) is 36.4 Å². The van der Waals surface area contributed by atoms with Crippen molar-refractivity contribution in [1.82, 2.24) is 0 Å². The summed E-state index contributed by atoms with van der Waals surface area (Å²) in [5.74, 6) is -0.215. The number of rotatable bonds is 6. The third kappa shape index (κ3) is 5.82. The molecule has 0 radical (unpaired) electrons. The molecule has 0 aliphatic rings. The van der Waals surface area contributed by atoms with Crippen molar-refractivity contribution in [3.63, 3.8) is 0 Å². The first kappa shape index (κ1) is 18.2. The molecular weight excluding hydrogens is 423 g/mol. The van der Waals surface area contributed by atoms with Gasteiger partial charge < -0.3 is 14.8 Å². The average molecular weight is 440 g/mol. The second-order valence-electron chi connectivity index (χ2n) is 4.80. The predicted octanol–water partition coefficient (Wildman–Crippen LogP) is 3.74. The van der Waals surface area contributed by atoms with Crippen LogP contribution < -0.4 is 10.6 Å². The summed E-state index contributed by atoms with van der Waals surface area (Å²) in [5.41, 5.74) is 1.67. The lowest BCUT2D eigenvalue weighted by Crippen LogP contribution is -2.17. The van der Waals surface area contributed by atoms with Crippen molar-refractivity contribution in [3.8, 4) is 0 Å². The summed E-state index contributed by atoms with van der Waals surface area (Å²) in [6.07, 6.45) is -0.576. The number of carbonyl (C=O) groups excluding carboxylic acids is 2. The first-order valence-electron chi connectivity index (χ1n) is 7.18. The fraction of sp³-hybridized carbons (Fsp3) is 0.176. The number of nitrogens with one attached hydrogen (secondary N) is 2. The van der Waals surface area contributed by atoms with Gasteiger partial charge in [-0.25, -0.2) is 4.79 Å². The molecule has 126 valence electrons. The van der Waals surface area contributed by atoms with Crippen LogP contribution in [0, 0.1) is 3.57 Å². The van der Waals surface area contributed by atoms with Gasteiger partial charge in [0.1, 0.15) is 6.61 Å². The van der Waals surface area contributed by atoms with Crippen LogP contribution in [0.3, 0.4) is 0 Å². The molecule has 0 spiro atoms. The van der Waals surface area contributed by atoms with E-state index in [0.717, 1.165) is 3.57 Å². The van der Waals surface area contributed by atoms with Crippen molar-refractivity contribution in [2.75, 3.05) is 31.0 Å². The number of hydrogen-bond donors (Lipinski definition) is 2. The van der Waals surface area contributed by atoms with Gasteiger partial charge in [0.15, 0.2) is 0 Å². The Bertz CT molecular complexity index is 721. The molecule has 0 unspecified atom stereocenters. The number of carbonyl (C=O) groups is 2. The summed E-state index contributed by atoms with van der Waals surface area (Å²) in [6.45, 7) is 0.505. The monoisotopic (exact) mass is 440 g/mol. The molecule has 0 atom stereocenters. The largest absolute Gasteiger partial charge is 0.447 e. The van der Waals surface area contributed by atoms with Gasteiger partial charge in [-0.15, -0.1) is 0 Å². The van der Waals surface area contributed by atoms with E-state index in [4.69, 9.17) is 9.47 Å². The van der Waals surface area contributed by atoms with Crippen LogP contribution in [-0.4, -0.2) is 32.3 Å². The van der Waals surface area contributed by atoms with Crippen LogP contribution in [0.4, 0.5) is 16.2 Å². The van der Waals surface area contributed by atoms with Gasteiger partial charge in [-0.3, -0.25) is 10.1 Å². The maximum absolute atomic E-state index is 12.2. The fourth-order valence-corrected chi connectivity index (χ4v) is 2.42. The van der Waals surface area contributed by atoms with Crippen molar-refractivity contribution in [3.05, 3.63) is 57.7 Å². The van der Waals surface area contributed by atoms with Gasteiger partial charge in [0, 0.05) is 27.6 Å². The molecular formula is C17H17IN2O4. The fourth-order valence-electron chi connectivity index (χ4n) is 1.88. The third-order valence-corrected chi connectivity index (χ3v) is 3.65. The van der Waals surface area contributed by atoms with Gasteiger partial charge in [-0.2, -0.15) is 0 Å². The minimum absolute atomic E-state index is 0.172. The summed E-state index contributed by atoms with van der Waals surface area (Å²) >= 11 is 2.15. The zero-order chi connectivity index (χ0) is 17.4. The lowest BCUT2D eigenvalue weighted by molar-refractivity contribution is 0.102. The zero-order valence-electron chi connectivity index (χ0n) is 13.0. The molecule has 2 aromatic rings. The lowest BCUT2D eigenvalue weighted by Gasteiger charge is -2.09. The summed E-state index contributed by atoms with van der Waals surface area (Å²) < 4.78 is 10.7. The summed E-state index contributed by atoms with van der Waals surface area (Å²) in [7, 11) is 1.53. The van der Waals surface area contributed by atoms with Crippen LogP contribution in [-0.2, 0) is 9.47 Å². The molecule has 0 fully saturated rings. The highest BCUT2D eigenvalue weighted by atomic mass is 127. The van der Waals surface area contributed by atoms with E-state index in [0.29, 0.717) is 23.5 Å². The molecule has 0 bridgehead atoms. The van der Waals surface area contributed by atoms with E-state index >= 15 is 0 Å². The van der Waals surface area contributed by atoms with E-state index in [2.05, 4.69) is 33.2 Å². The van der Waals surface area contributed by atoms with Crippen molar-refractivity contribution < 1.29 is 19.1 Å². The molecule has 2 rings (SSSR count). The van der Waals surface area contributed by atoms with E-state index in [-0.39, 0.29) is 12.5 Å². The Balaban J connectivity index is 1.97. The molecule has 0 aromatic heterocycles. The number of methoxy groups -OCH3 is 1. The molecule has 0 saturated heterocycles. The van der Waals surface area contributed by atoms with Crippen LogP contribution >= 0.6 is 22.6 Å². The zero-order valence-corrected chi connectivity index (χ0v) is 15.2. The SMILES string of the molecule is COCCOC(=O)Nc1cccc(NC(=O)c2cccc(I)c2)c1. The Morgan fingerprint density at radius 2 is 1.71 bits per heavy atom. The first-order valence-corrected chi connectivity index (χ1v) is 8.26. The summed E-state index contributed by atoms with van der Waals surface area (Å²) in [4.78, 5) is 23.8. The van der Waals surface area contributed by atoms with E-state index in [9.17, 15) is 9.59 Å². The Kier molecular flexibility index (Phi) is 7.01. The standard InChI is InChI=1S/C17H17IN2O4/c1-23-8-9-24-17(22)20-15-7-3-6-14(11-15)19-16(21)12-4-2-5-13(18)10-12/h2-7,10-11H,8-9H2,1H3,(H,19,21)(H,20,22). The van der Waals surface area contributed by atoms with E-state index in [1.807, 2.05) is 12.1 Å². The Morgan fingerprint density at radius 1 is 1.00 bits per heavy atom. The topological polar surface area (TPSA) is 76.7 Å². The second kappa shape index (κ2) is 9.24. The minimum atomic E-state index is -0.576. The maximum Gasteiger partial charge on any atom is 0.411 e. The second-order valence-corrected chi connectivity index (χ2v) is 6.04. The minimum Gasteiger partial charge on any atom is -0.447 e. The van der Waals surface area contributed by atoms with Crippen LogP contribution in [0.2, 0.25) is 0 Å². The Morgan fingerprint density at radius 3 is 2.42 bits per heavy atom. The van der Waals surface area contributed by atoms with Crippen molar-refractivity contribution >= 4 is 46.0 Å². The van der Waals surface area contributed by atoms with Gasteiger partial charge in [0.2, 0.25) is 0 Å². The normalized spacial score (nSPS) is 10.1. The molecule has 2 N–H and O–H groups in total. The van der Waals surface area contributed by atoms with Crippen molar-refractivity contribution in [1.29, 1.82) is 0 Å². The van der Waals surface area contributed by atoms with E-state index < -0.39 is 6.09 Å². The molecule has 7 heteroatoms. The Hall–Kier alpha value is -2.13. The molecule has 0 saturated carbocycles. The number of halogens is 1. The lowest BCUT2D eigenvalue weighted by atomic mass is 10.2. The van der Waals surface area contributed by atoms with Gasteiger partial charge in [-0.05, 0) is 59.0 Å². The number of ether oxygens (including phenoxy) is 2. The van der Waals surface area contributed by atoms with Crippen LogP contribution in [0.25, 0.3) is 0 Å². The van der Waals surface area contributed by atoms with Gasteiger partial charge in [0.25, 0.3) is 5.91 Å². The third-order valence-electron chi connectivity index (χ3n) is 2.97. The smallest absolute Gasteiger partial charge is 0.411 e. The number of anilines is 2. The molecule has 2 amide bonds. The molecule has 0 aliphatic carbocycles. The van der Waals surface area contributed by atoms with Gasteiger partial charge in [-0.1, -0.05) is 12.1 Å². The molecule has 24 heavy (non-hydrogen) atoms. The first-order chi connectivity index (χ1) is 11.6. The summed E-state index contributed by atoms with van der Waals surface area (Å²) in [6, 6.07) is 14.1. The molecule has 6 nitrogen and oxygen atoms in total. The quantitative estimate of drug-likeness (QED) is 0.530. The van der Waals surface area contributed by atoms with E-state index in [1.165, 1.54) is 7.11 Å². The summed E-state index contributed by atoms with van der Waals surface area (Å²) in [5, 5.41) is 5.39. The van der Waals surface area contributed by atoms with Crippen molar-refractivity contribution in [2.45, 2.75) is 0 Å². The van der Waals surface area contributed by atoms with Crippen LogP contribution in [0.5, 0.6) is 0 Å². The van der Waals surface area contributed by atoms with Crippen LogP contribution in [0.1, 0.15) is 10.4 Å². The predicted molar refractivity (Wildman–Crippen MR) is 100 cm³/mol. The number of hydrogen-bond acceptors (Lipinski definition) is 4. The number of benzene rings is 2. The molecule has 0 aliphatic heterocycles.